The zero-order chi connectivity index (χ0) is 27.0. The van der Waals surface area contributed by atoms with E-state index < -0.39 is 23.9 Å². The molecule has 1 fully saturated rings. The van der Waals surface area contributed by atoms with Crippen molar-refractivity contribution in [3.63, 3.8) is 0 Å². The summed E-state index contributed by atoms with van der Waals surface area (Å²) in [5.74, 6) is -0.895. The molecule has 0 spiro atoms. The topological polar surface area (TPSA) is 132 Å². The predicted molar refractivity (Wildman–Crippen MR) is 134 cm³/mol. The van der Waals surface area contributed by atoms with Gasteiger partial charge in [-0.2, -0.15) is 18.2 Å². The van der Waals surface area contributed by atoms with Crippen LogP contribution in [0.25, 0.3) is 11.1 Å². The first-order valence-corrected chi connectivity index (χ1v) is 11.7. The number of carbonyl (C=O) groups is 1. The number of hydrogen-bond donors (Lipinski definition) is 3. The third-order valence-corrected chi connectivity index (χ3v) is 6.11. The Morgan fingerprint density at radius 2 is 1.89 bits per heavy atom. The minimum Gasteiger partial charge on any atom is -0.408 e. The summed E-state index contributed by atoms with van der Waals surface area (Å²) >= 11 is 0. The van der Waals surface area contributed by atoms with Crippen LogP contribution < -0.4 is 21.3 Å². The number of amides is 1. The number of H-pyrrole nitrogens is 1. The number of nitrogens with one attached hydrogen (secondary N) is 3. The van der Waals surface area contributed by atoms with Crippen LogP contribution >= 0.6 is 0 Å². The van der Waals surface area contributed by atoms with Crippen LogP contribution in [0.4, 0.5) is 42.1 Å². The van der Waals surface area contributed by atoms with Crippen LogP contribution in [0.2, 0.25) is 0 Å². The monoisotopic (exact) mass is 528 g/mol. The average molecular weight is 528 g/mol. The predicted octanol–water partition coefficient (Wildman–Crippen LogP) is 3.70. The Balaban J connectivity index is 1.25. The van der Waals surface area contributed by atoms with E-state index in [2.05, 4.69) is 30.6 Å². The molecule has 5 rings (SSSR count). The van der Waals surface area contributed by atoms with Gasteiger partial charge in [-0.05, 0) is 44.2 Å². The van der Waals surface area contributed by atoms with Gasteiger partial charge >= 0.3 is 17.8 Å². The smallest absolute Gasteiger partial charge is 0.408 e. The van der Waals surface area contributed by atoms with Crippen molar-refractivity contribution in [2.24, 2.45) is 0 Å². The number of halogens is 3. The van der Waals surface area contributed by atoms with E-state index in [0.717, 1.165) is 10.5 Å². The first-order chi connectivity index (χ1) is 18.1. The minimum absolute atomic E-state index is 0.0439. The SMILES string of the molecule is Cc1cnc(Nc2ccc(N3CCN(C(=O)C(F)(F)F)C(C)C3)nc2)nc1Nc1ccc2oc(=O)[nH]c2c1. The van der Waals surface area contributed by atoms with E-state index in [9.17, 15) is 22.8 Å². The van der Waals surface area contributed by atoms with E-state index >= 15 is 0 Å². The molecule has 0 saturated carbocycles. The molecule has 4 aromatic rings. The highest BCUT2D eigenvalue weighted by Crippen LogP contribution is 2.26. The maximum atomic E-state index is 12.8. The van der Waals surface area contributed by atoms with Crippen molar-refractivity contribution in [3.05, 3.63) is 58.8 Å². The Kier molecular flexibility index (Phi) is 6.38. The molecule has 1 aliphatic rings. The molecule has 1 amide bonds. The molecule has 1 saturated heterocycles. The first kappa shape index (κ1) is 25.0. The maximum absolute atomic E-state index is 12.8. The summed E-state index contributed by atoms with van der Waals surface area (Å²) in [6.07, 6.45) is -1.66. The highest BCUT2D eigenvalue weighted by molar-refractivity contribution is 5.82. The molecule has 11 nitrogen and oxygen atoms in total. The lowest BCUT2D eigenvalue weighted by atomic mass is 10.2. The highest BCUT2D eigenvalue weighted by Gasteiger charge is 2.45. The van der Waals surface area contributed by atoms with Crippen LogP contribution in [0, 0.1) is 6.92 Å². The van der Waals surface area contributed by atoms with Gasteiger partial charge in [0.2, 0.25) is 5.95 Å². The number of carbonyl (C=O) groups excluding carboxylic acids is 1. The molecule has 3 N–H and O–H groups in total. The second kappa shape index (κ2) is 9.68. The average Bonchev–Trinajstić information content (AvgIpc) is 3.25. The Morgan fingerprint density at radius 1 is 1.11 bits per heavy atom. The van der Waals surface area contributed by atoms with Crippen molar-refractivity contribution >= 4 is 46.0 Å². The van der Waals surface area contributed by atoms with Crippen molar-refractivity contribution in [2.45, 2.75) is 26.1 Å². The van der Waals surface area contributed by atoms with Gasteiger partial charge in [0.15, 0.2) is 5.58 Å². The summed E-state index contributed by atoms with van der Waals surface area (Å²) in [6, 6.07) is 8.06. The molecule has 38 heavy (non-hydrogen) atoms. The summed E-state index contributed by atoms with van der Waals surface area (Å²) < 4.78 is 43.5. The van der Waals surface area contributed by atoms with Crippen LogP contribution in [0.15, 0.2) is 51.9 Å². The number of oxazole rings is 1. The molecule has 0 aliphatic carbocycles. The number of anilines is 5. The number of alkyl halides is 3. The Labute approximate surface area is 213 Å². The van der Waals surface area contributed by atoms with Gasteiger partial charge in [-0.25, -0.2) is 14.8 Å². The fraction of sp³-hybridized carbons (Fsp3) is 0.292. The zero-order valence-electron chi connectivity index (χ0n) is 20.3. The van der Waals surface area contributed by atoms with E-state index in [-0.39, 0.29) is 19.6 Å². The van der Waals surface area contributed by atoms with Crippen molar-refractivity contribution in [2.75, 3.05) is 35.2 Å². The normalized spacial score (nSPS) is 16.1. The Morgan fingerprint density at radius 3 is 2.61 bits per heavy atom. The molecule has 198 valence electrons. The lowest BCUT2D eigenvalue weighted by Gasteiger charge is -2.40. The third-order valence-electron chi connectivity index (χ3n) is 6.11. The maximum Gasteiger partial charge on any atom is 0.471 e. The number of piperazine rings is 1. The van der Waals surface area contributed by atoms with Gasteiger partial charge in [0.1, 0.15) is 11.6 Å². The molecule has 1 aliphatic heterocycles. The number of nitrogens with zero attached hydrogens (tertiary/aromatic N) is 5. The summed E-state index contributed by atoms with van der Waals surface area (Å²) in [5.41, 5.74) is 3.10. The number of rotatable bonds is 5. The van der Waals surface area contributed by atoms with Crippen LogP contribution in [-0.2, 0) is 4.79 Å². The van der Waals surface area contributed by atoms with Crippen molar-refractivity contribution in [1.82, 2.24) is 24.8 Å². The fourth-order valence-electron chi connectivity index (χ4n) is 4.20. The van der Waals surface area contributed by atoms with E-state index in [0.29, 0.717) is 40.1 Å². The Hall–Kier alpha value is -4.62. The van der Waals surface area contributed by atoms with Gasteiger partial charge < -0.3 is 24.9 Å². The third kappa shape index (κ3) is 5.23. The fourth-order valence-corrected chi connectivity index (χ4v) is 4.20. The Bertz CT molecular complexity index is 1530. The molecular formula is C24H23F3N8O3. The van der Waals surface area contributed by atoms with Crippen molar-refractivity contribution < 1.29 is 22.4 Å². The summed E-state index contributed by atoms with van der Waals surface area (Å²) in [5, 5.41) is 6.29. The quantitative estimate of drug-likeness (QED) is 0.355. The zero-order valence-corrected chi connectivity index (χ0v) is 20.3. The summed E-state index contributed by atoms with van der Waals surface area (Å²) in [7, 11) is 0. The van der Waals surface area contributed by atoms with Crippen molar-refractivity contribution in [1.29, 1.82) is 0 Å². The van der Waals surface area contributed by atoms with E-state index in [4.69, 9.17) is 4.42 Å². The molecule has 1 unspecified atom stereocenters. The second-order valence-electron chi connectivity index (χ2n) is 8.90. The van der Waals surface area contributed by atoms with Crippen molar-refractivity contribution in [3.8, 4) is 0 Å². The van der Waals surface area contributed by atoms with E-state index in [1.165, 1.54) is 0 Å². The van der Waals surface area contributed by atoms with Crippen LogP contribution in [-0.4, -0.2) is 62.6 Å². The molecule has 3 aromatic heterocycles. The van der Waals surface area contributed by atoms with Crippen LogP contribution in [0.1, 0.15) is 12.5 Å². The number of pyridine rings is 1. The molecule has 0 radical (unpaired) electrons. The molecule has 1 atom stereocenters. The first-order valence-electron chi connectivity index (χ1n) is 11.7. The number of hydrogen-bond acceptors (Lipinski definition) is 9. The minimum atomic E-state index is -4.89. The lowest BCUT2D eigenvalue weighted by Crippen LogP contribution is -2.57. The lowest BCUT2D eigenvalue weighted by molar-refractivity contribution is -0.187. The van der Waals surface area contributed by atoms with Gasteiger partial charge in [0.25, 0.3) is 0 Å². The molecule has 0 bridgehead atoms. The largest absolute Gasteiger partial charge is 0.471 e. The number of fused-ring (bicyclic) bond motifs is 1. The molecule has 4 heterocycles. The molecule has 14 heteroatoms. The summed E-state index contributed by atoms with van der Waals surface area (Å²) in [6.45, 7) is 3.86. The van der Waals surface area contributed by atoms with Gasteiger partial charge in [0.05, 0.1) is 17.4 Å². The van der Waals surface area contributed by atoms with Gasteiger partial charge in [-0.15, -0.1) is 0 Å². The van der Waals surface area contributed by atoms with Gasteiger partial charge in [-0.3, -0.25) is 9.78 Å². The number of benzene rings is 1. The number of aryl methyl sites for hydroxylation is 1. The van der Waals surface area contributed by atoms with Gasteiger partial charge in [-0.1, -0.05) is 0 Å². The number of aromatic nitrogens is 4. The molecular weight excluding hydrogens is 505 g/mol. The standard InChI is InChI=1S/C24H23F3N8O3/c1-13-10-29-22(33-20(13)30-15-3-5-18-17(9-15)32-23(37)38-18)31-16-4-6-19(28-11-16)34-7-8-35(14(2)12-34)21(36)24(25,26)27/h3-6,9-11,14H,7-8,12H2,1-2H3,(H,32,37)(H2,29,30,31,33). The molecule has 1 aromatic carbocycles. The number of aromatic amines is 1. The highest BCUT2D eigenvalue weighted by atomic mass is 19.4. The summed E-state index contributed by atoms with van der Waals surface area (Å²) in [4.78, 5) is 41.5. The van der Waals surface area contributed by atoms with Gasteiger partial charge in [0, 0.05) is 43.1 Å². The van der Waals surface area contributed by atoms with E-state index in [1.54, 1.807) is 49.6 Å². The van der Waals surface area contributed by atoms with Crippen LogP contribution in [0.5, 0.6) is 0 Å². The second-order valence-corrected chi connectivity index (χ2v) is 8.90. The van der Waals surface area contributed by atoms with Crippen LogP contribution in [0.3, 0.4) is 0 Å². The van der Waals surface area contributed by atoms with E-state index in [1.807, 2.05) is 11.8 Å².